The van der Waals surface area contributed by atoms with Crippen LogP contribution in [0.3, 0.4) is 0 Å². The Balaban J connectivity index is 4.21. The van der Waals surface area contributed by atoms with E-state index in [9.17, 15) is 14.5 Å². The van der Waals surface area contributed by atoms with E-state index in [4.69, 9.17) is 9.79 Å². The zero-order chi connectivity index (χ0) is 22.7. The molecule has 1 amide bonds. The Bertz CT molecular complexity index is 457. The molecular weight excluding hydrogens is 405 g/mol. The molecule has 0 aromatic carbocycles. The van der Waals surface area contributed by atoms with Crippen LogP contribution in [-0.2, 0) is 13.9 Å². The van der Waals surface area contributed by atoms with E-state index in [-0.39, 0.29) is 5.91 Å². The molecule has 0 heterocycles. The first kappa shape index (κ1) is 29.5. The lowest BCUT2D eigenvalue weighted by molar-refractivity contribution is -0.123. The molecule has 0 rings (SSSR count). The lowest BCUT2D eigenvalue weighted by atomic mass is 10.0. The molecule has 0 saturated carbocycles. The van der Waals surface area contributed by atoms with Crippen LogP contribution in [0.15, 0.2) is 0 Å². The van der Waals surface area contributed by atoms with Crippen LogP contribution in [0.5, 0.6) is 0 Å². The van der Waals surface area contributed by atoms with Crippen molar-refractivity contribution in [2.45, 2.75) is 129 Å². The zero-order valence-corrected chi connectivity index (χ0v) is 20.1. The Kier molecular flexibility index (Phi) is 18.9. The average molecular weight is 452 g/mol. The number of phosphoric ester groups is 1. The van der Waals surface area contributed by atoms with E-state index < -0.39 is 26.6 Å². The highest BCUT2D eigenvalue weighted by atomic mass is 31.2. The van der Waals surface area contributed by atoms with Crippen molar-refractivity contribution in [1.29, 1.82) is 0 Å². The summed E-state index contributed by atoms with van der Waals surface area (Å²) in [5.41, 5.74) is 0. The Labute approximate surface area is 183 Å². The largest absolute Gasteiger partial charge is 0.469 e. The molecule has 7 nitrogen and oxygen atoms in total. The minimum absolute atomic E-state index is 0.211. The maximum absolute atomic E-state index is 12.2. The maximum atomic E-state index is 12.2. The summed E-state index contributed by atoms with van der Waals surface area (Å²) in [7, 11) is -4.65. The molecule has 0 spiro atoms. The van der Waals surface area contributed by atoms with Gasteiger partial charge in [0.1, 0.15) is 0 Å². The number of aliphatic hydroxyl groups excluding tert-OH is 1. The third kappa shape index (κ3) is 19.5. The molecule has 2 atom stereocenters. The Morgan fingerprint density at radius 3 is 1.80 bits per heavy atom. The maximum Gasteiger partial charge on any atom is 0.469 e. The molecule has 0 bridgehead atoms. The molecule has 0 aliphatic carbocycles. The van der Waals surface area contributed by atoms with Crippen molar-refractivity contribution >= 4 is 13.7 Å². The number of phosphoric acid groups is 1. The van der Waals surface area contributed by atoms with Gasteiger partial charge >= 0.3 is 7.82 Å². The summed E-state index contributed by atoms with van der Waals surface area (Å²) in [5.74, 6) is -0.211. The molecule has 8 heteroatoms. The van der Waals surface area contributed by atoms with E-state index in [0.717, 1.165) is 51.4 Å². The average Bonchev–Trinajstić information content (AvgIpc) is 2.68. The molecular formula is C22H46NO6P. The predicted octanol–water partition coefficient (Wildman–Crippen LogP) is 5.22. The van der Waals surface area contributed by atoms with Gasteiger partial charge in [-0.2, -0.15) is 0 Å². The Morgan fingerprint density at radius 2 is 1.30 bits per heavy atom. The molecule has 0 aliphatic rings. The van der Waals surface area contributed by atoms with Crippen molar-refractivity contribution in [1.82, 2.24) is 5.32 Å². The first-order chi connectivity index (χ1) is 14.3. The second kappa shape index (κ2) is 19.2. The molecule has 0 saturated heterocycles. The number of carbonyl (C=O) groups excluding carboxylic acids is 1. The van der Waals surface area contributed by atoms with Crippen LogP contribution >= 0.6 is 7.82 Å². The van der Waals surface area contributed by atoms with Crippen molar-refractivity contribution in [3.05, 3.63) is 0 Å². The number of hydrogen-bond donors (Lipinski definition) is 4. The van der Waals surface area contributed by atoms with Gasteiger partial charge in [-0.05, 0) is 12.8 Å². The molecule has 4 N–H and O–H groups in total. The fourth-order valence-corrected chi connectivity index (χ4v) is 3.81. The normalized spacial score (nSPS) is 13.9. The van der Waals surface area contributed by atoms with Crippen molar-refractivity contribution in [2.75, 3.05) is 6.61 Å². The summed E-state index contributed by atoms with van der Waals surface area (Å²) in [4.78, 5) is 30.1. The van der Waals surface area contributed by atoms with Gasteiger partial charge in [0.2, 0.25) is 5.91 Å². The number of carbonyl (C=O) groups is 1. The third-order valence-corrected chi connectivity index (χ3v) is 5.83. The molecule has 0 radical (unpaired) electrons. The highest BCUT2D eigenvalue weighted by Gasteiger charge is 2.25. The molecule has 0 aromatic rings. The van der Waals surface area contributed by atoms with Gasteiger partial charge in [0, 0.05) is 6.42 Å². The molecule has 0 unspecified atom stereocenters. The molecule has 180 valence electrons. The van der Waals surface area contributed by atoms with E-state index in [2.05, 4.69) is 23.7 Å². The second-order valence-corrected chi connectivity index (χ2v) is 9.55. The van der Waals surface area contributed by atoms with E-state index in [1.807, 2.05) is 0 Å². The summed E-state index contributed by atoms with van der Waals surface area (Å²) >= 11 is 0. The van der Waals surface area contributed by atoms with Crippen molar-refractivity contribution < 1.29 is 28.8 Å². The monoisotopic (exact) mass is 451 g/mol. The van der Waals surface area contributed by atoms with E-state index >= 15 is 0 Å². The van der Waals surface area contributed by atoms with Gasteiger partial charge in [-0.15, -0.1) is 0 Å². The van der Waals surface area contributed by atoms with Gasteiger partial charge in [-0.3, -0.25) is 9.32 Å². The van der Waals surface area contributed by atoms with Crippen molar-refractivity contribution in [3.63, 3.8) is 0 Å². The molecule has 0 fully saturated rings. The van der Waals surface area contributed by atoms with Crippen LogP contribution < -0.4 is 5.32 Å². The summed E-state index contributed by atoms with van der Waals surface area (Å²) in [5, 5.41) is 13.2. The van der Waals surface area contributed by atoms with Gasteiger partial charge in [0.25, 0.3) is 0 Å². The van der Waals surface area contributed by atoms with Gasteiger partial charge in [-0.25, -0.2) is 4.57 Å². The molecule has 30 heavy (non-hydrogen) atoms. The van der Waals surface area contributed by atoms with E-state index in [0.29, 0.717) is 12.8 Å². The number of rotatable bonds is 21. The number of unbranched alkanes of at least 4 members (excludes halogenated alkanes) is 12. The van der Waals surface area contributed by atoms with E-state index in [1.54, 1.807) is 0 Å². The summed E-state index contributed by atoms with van der Waals surface area (Å²) < 4.78 is 15.6. The van der Waals surface area contributed by atoms with E-state index in [1.165, 1.54) is 38.5 Å². The van der Waals surface area contributed by atoms with Crippen LogP contribution in [0.1, 0.15) is 117 Å². The van der Waals surface area contributed by atoms with Gasteiger partial charge in [0.05, 0.1) is 18.8 Å². The topological polar surface area (TPSA) is 116 Å². The number of amides is 1. The first-order valence-corrected chi connectivity index (χ1v) is 13.5. The first-order valence-electron chi connectivity index (χ1n) is 12.0. The van der Waals surface area contributed by atoms with Gasteiger partial charge in [0.15, 0.2) is 0 Å². The SMILES string of the molecule is CCCCCCCCCCC[C@@H](O)[C@H](COP(=O)(O)O)NC(=O)CCCCCCC. The van der Waals surface area contributed by atoms with Crippen LogP contribution in [0.25, 0.3) is 0 Å². The molecule has 0 aromatic heterocycles. The fourth-order valence-electron chi connectivity index (χ4n) is 3.46. The third-order valence-electron chi connectivity index (χ3n) is 5.34. The molecule has 0 aliphatic heterocycles. The zero-order valence-electron chi connectivity index (χ0n) is 19.2. The minimum Gasteiger partial charge on any atom is -0.391 e. The highest BCUT2D eigenvalue weighted by Crippen LogP contribution is 2.36. The summed E-state index contributed by atoms with van der Waals surface area (Å²) in [6.07, 6.45) is 15.6. The lowest BCUT2D eigenvalue weighted by Gasteiger charge is -2.24. The van der Waals surface area contributed by atoms with Crippen molar-refractivity contribution in [2.24, 2.45) is 0 Å². The second-order valence-electron chi connectivity index (χ2n) is 8.31. The van der Waals surface area contributed by atoms with Crippen LogP contribution in [0, 0.1) is 0 Å². The van der Waals surface area contributed by atoms with Crippen LogP contribution in [0.2, 0.25) is 0 Å². The number of hydrogen-bond acceptors (Lipinski definition) is 4. The Hall–Kier alpha value is -0.460. The summed E-state index contributed by atoms with van der Waals surface area (Å²) in [6.45, 7) is 3.94. The standard InChI is InChI=1S/C22H46NO6P/c1-3-5-7-9-10-11-12-14-15-17-21(24)20(19-29-30(26,27)28)23-22(25)18-16-13-8-6-4-2/h20-21,24H,3-19H2,1-2H3,(H,23,25)(H2,26,27,28)/t20-,21+/m0/s1. The Morgan fingerprint density at radius 1 is 0.833 bits per heavy atom. The van der Waals surface area contributed by atoms with Gasteiger partial charge < -0.3 is 20.2 Å². The van der Waals surface area contributed by atoms with Crippen molar-refractivity contribution in [3.8, 4) is 0 Å². The van der Waals surface area contributed by atoms with Crippen LogP contribution in [-0.4, -0.2) is 39.6 Å². The lowest BCUT2D eigenvalue weighted by Crippen LogP contribution is -2.46. The predicted molar refractivity (Wildman–Crippen MR) is 121 cm³/mol. The number of aliphatic hydroxyl groups is 1. The number of nitrogens with one attached hydrogen (secondary N) is 1. The quantitative estimate of drug-likeness (QED) is 0.140. The fraction of sp³-hybridized carbons (Fsp3) is 0.955. The highest BCUT2D eigenvalue weighted by molar-refractivity contribution is 7.46. The summed E-state index contributed by atoms with van der Waals surface area (Å²) in [6, 6.07) is -0.810. The van der Waals surface area contributed by atoms with Crippen LogP contribution in [0.4, 0.5) is 0 Å². The smallest absolute Gasteiger partial charge is 0.391 e. The minimum atomic E-state index is -4.65. The van der Waals surface area contributed by atoms with Gasteiger partial charge in [-0.1, -0.05) is 97.3 Å².